The fourth-order valence-corrected chi connectivity index (χ4v) is 2.91. The SMILES string of the molecule is CCN(C(=O)Cn1c([C@@H](C)O)nc2ccccc21)c1ccccc1. The van der Waals surface area contributed by atoms with Crippen molar-refractivity contribution in [3.8, 4) is 0 Å². The van der Waals surface area contributed by atoms with Crippen molar-refractivity contribution in [2.24, 2.45) is 0 Å². The van der Waals surface area contributed by atoms with Crippen LogP contribution < -0.4 is 4.90 Å². The first-order valence-electron chi connectivity index (χ1n) is 8.10. The normalized spacial score (nSPS) is 12.3. The van der Waals surface area contributed by atoms with Crippen LogP contribution >= 0.6 is 0 Å². The number of rotatable bonds is 5. The third-order valence-electron chi connectivity index (χ3n) is 4.04. The standard InChI is InChI=1S/C19H21N3O2/c1-3-21(15-9-5-4-6-10-15)18(24)13-22-17-12-8-7-11-16(17)20-19(22)14(2)23/h4-12,14,23H,3,13H2,1-2H3/t14-/m1/s1. The minimum atomic E-state index is -0.739. The Morgan fingerprint density at radius 3 is 2.50 bits per heavy atom. The van der Waals surface area contributed by atoms with Crippen molar-refractivity contribution < 1.29 is 9.90 Å². The van der Waals surface area contributed by atoms with E-state index in [2.05, 4.69) is 4.98 Å². The minimum absolute atomic E-state index is 0.0336. The molecule has 124 valence electrons. The molecule has 0 aliphatic carbocycles. The van der Waals surface area contributed by atoms with Crippen molar-refractivity contribution >= 4 is 22.6 Å². The molecular formula is C19H21N3O2. The van der Waals surface area contributed by atoms with Crippen LogP contribution in [0.1, 0.15) is 25.8 Å². The lowest BCUT2D eigenvalue weighted by atomic mass is 10.2. The number of amides is 1. The molecule has 1 N–H and O–H groups in total. The molecule has 1 amide bonds. The number of imidazole rings is 1. The zero-order valence-electron chi connectivity index (χ0n) is 13.9. The van der Waals surface area contributed by atoms with Crippen LogP contribution in [0.15, 0.2) is 54.6 Å². The molecule has 1 atom stereocenters. The highest BCUT2D eigenvalue weighted by Gasteiger charge is 2.20. The van der Waals surface area contributed by atoms with E-state index in [1.54, 1.807) is 16.4 Å². The lowest BCUT2D eigenvalue weighted by molar-refractivity contribution is -0.119. The Morgan fingerprint density at radius 1 is 1.17 bits per heavy atom. The van der Waals surface area contributed by atoms with E-state index in [-0.39, 0.29) is 12.5 Å². The van der Waals surface area contributed by atoms with Crippen molar-refractivity contribution in [1.82, 2.24) is 9.55 Å². The van der Waals surface area contributed by atoms with Gasteiger partial charge >= 0.3 is 0 Å². The first kappa shape index (κ1) is 16.2. The van der Waals surface area contributed by atoms with Gasteiger partial charge in [-0.05, 0) is 38.1 Å². The predicted molar refractivity (Wildman–Crippen MR) is 94.8 cm³/mol. The van der Waals surface area contributed by atoms with Crippen LogP contribution in [0.5, 0.6) is 0 Å². The molecular weight excluding hydrogens is 302 g/mol. The molecule has 0 spiro atoms. The largest absolute Gasteiger partial charge is 0.385 e. The minimum Gasteiger partial charge on any atom is -0.385 e. The van der Waals surface area contributed by atoms with Crippen molar-refractivity contribution in [1.29, 1.82) is 0 Å². The van der Waals surface area contributed by atoms with Gasteiger partial charge in [-0.15, -0.1) is 0 Å². The third kappa shape index (κ3) is 3.03. The first-order valence-corrected chi connectivity index (χ1v) is 8.10. The Hall–Kier alpha value is -2.66. The highest BCUT2D eigenvalue weighted by Crippen LogP contribution is 2.22. The summed E-state index contributed by atoms with van der Waals surface area (Å²) < 4.78 is 1.80. The number of fused-ring (bicyclic) bond motifs is 1. The number of aliphatic hydroxyl groups excluding tert-OH is 1. The average molecular weight is 323 g/mol. The molecule has 2 aromatic carbocycles. The van der Waals surface area contributed by atoms with Crippen LogP contribution in [-0.2, 0) is 11.3 Å². The van der Waals surface area contributed by atoms with Gasteiger partial charge in [-0.25, -0.2) is 4.98 Å². The molecule has 0 aliphatic rings. The van der Waals surface area contributed by atoms with Gasteiger partial charge in [-0.2, -0.15) is 0 Å². The fourth-order valence-electron chi connectivity index (χ4n) is 2.91. The second-order valence-electron chi connectivity index (χ2n) is 5.69. The van der Waals surface area contributed by atoms with E-state index in [4.69, 9.17) is 0 Å². The third-order valence-corrected chi connectivity index (χ3v) is 4.04. The van der Waals surface area contributed by atoms with Gasteiger partial charge in [-0.1, -0.05) is 30.3 Å². The van der Waals surface area contributed by atoms with Gasteiger partial charge in [0.1, 0.15) is 18.5 Å². The number of aliphatic hydroxyl groups is 1. The number of hydrogen-bond donors (Lipinski definition) is 1. The van der Waals surface area contributed by atoms with E-state index in [1.165, 1.54) is 0 Å². The van der Waals surface area contributed by atoms with Crippen LogP contribution in [0.2, 0.25) is 0 Å². The molecule has 5 heteroatoms. The molecule has 3 rings (SSSR count). The van der Waals surface area contributed by atoms with E-state index < -0.39 is 6.10 Å². The van der Waals surface area contributed by atoms with Crippen LogP contribution in [0.3, 0.4) is 0 Å². The summed E-state index contributed by atoms with van der Waals surface area (Å²) in [7, 11) is 0. The number of likely N-dealkylation sites (N-methyl/N-ethyl adjacent to an activating group) is 1. The highest BCUT2D eigenvalue weighted by atomic mass is 16.3. The maximum absolute atomic E-state index is 12.9. The number of nitrogens with zero attached hydrogens (tertiary/aromatic N) is 3. The molecule has 3 aromatic rings. The summed E-state index contributed by atoms with van der Waals surface area (Å²) in [5, 5.41) is 10.0. The molecule has 0 fully saturated rings. The Labute approximate surface area is 141 Å². The Bertz CT molecular complexity index is 840. The van der Waals surface area contributed by atoms with Crippen LogP contribution in [0.25, 0.3) is 11.0 Å². The molecule has 5 nitrogen and oxygen atoms in total. The van der Waals surface area contributed by atoms with Crippen molar-refractivity contribution in [3.05, 3.63) is 60.4 Å². The maximum atomic E-state index is 12.9. The molecule has 1 heterocycles. The van der Waals surface area contributed by atoms with Crippen molar-refractivity contribution in [2.75, 3.05) is 11.4 Å². The zero-order valence-corrected chi connectivity index (χ0v) is 13.9. The van der Waals surface area contributed by atoms with Crippen molar-refractivity contribution in [3.63, 3.8) is 0 Å². The quantitative estimate of drug-likeness (QED) is 0.785. The number of anilines is 1. The number of carbonyl (C=O) groups excluding carboxylic acids is 1. The van der Waals surface area contributed by atoms with Gasteiger partial charge in [0, 0.05) is 12.2 Å². The summed E-state index contributed by atoms with van der Waals surface area (Å²) in [6.45, 7) is 4.34. The summed E-state index contributed by atoms with van der Waals surface area (Å²) in [4.78, 5) is 19.1. The molecule has 0 unspecified atom stereocenters. The van der Waals surface area contributed by atoms with E-state index in [9.17, 15) is 9.90 Å². The van der Waals surface area contributed by atoms with Crippen LogP contribution in [-0.4, -0.2) is 27.1 Å². The molecule has 1 aromatic heterocycles. The lowest BCUT2D eigenvalue weighted by Gasteiger charge is -2.22. The summed E-state index contributed by atoms with van der Waals surface area (Å²) in [5.74, 6) is 0.474. The monoisotopic (exact) mass is 323 g/mol. The Morgan fingerprint density at radius 2 is 1.83 bits per heavy atom. The Balaban J connectivity index is 1.96. The van der Waals surface area contributed by atoms with Crippen molar-refractivity contribution in [2.45, 2.75) is 26.5 Å². The number of benzene rings is 2. The van der Waals surface area contributed by atoms with E-state index in [0.717, 1.165) is 16.7 Å². The lowest BCUT2D eigenvalue weighted by Crippen LogP contribution is -2.34. The van der Waals surface area contributed by atoms with E-state index in [0.29, 0.717) is 12.4 Å². The van der Waals surface area contributed by atoms with Gasteiger partial charge in [0.2, 0.25) is 5.91 Å². The molecule has 0 aliphatic heterocycles. The van der Waals surface area contributed by atoms with Gasteiger partial charge < -0.3 is 14.6 Å². The summed E-state index contributed by atoms with van der Waals surface area (Å²) in [5.41, 5.74) is 2.50. The molecule has 0 radical (unpaired) electrons. The van der Waals surface area contributed by atoms with Crippen LogP contribution in [0.4, 0.5) is 5.69 Å². The number of carbonyl (C=O) groups is 1. The van der Waals surface area contributed by atoms with Gasteiger partial charge in [-0.3, -0.25) is 4.79 Å². The summed E-state index contributed by atoms with van der Waals surface area (Å²) >= 11 is 0. The highest BCUT2D eigenvalue weighted by molar-refractivity contribution is 5.94. The second-order valence-corrected chi connectivity index (χ2v) is 5.69. The number of aromatic nitrogens is 2. The van der Waals surface area contributed by atoms with Gasteiger partial charge in [0.05, 0.1) is 11.0 Å². The molecule has 0 saturated heterocycles. The Kier molecular flexibility index (Phi) is 4.62. The maximum Gasteiger partial charge on any atom is 0.246 e. The van der Waals surface area contributed by atoms with Crippen LogP contribution in [0, 0.1) is 0 Å². The number of para-hydroxylation sites is 3. The average Bonchev–Trinajstić information content (AvgIpc) is 2.95. The summed E-state index contributed by atoms with van der Waals surface area (Å²) in [6, 6.07) is 17.2. The summed E-state index contributed by atoms with van der Waals surface area (Å²) in [6.07, 6.45) is -0.739. The fraction of sp³-hybridized carbons (Fsp3) is 0.263. The van der Waals surface area contributed by atoms with Gasteiger partial charge in [0.15, 0.2) is 0 Å². The van der Waals surface area contributed by atoms with E-state index in [1.807, 2.05) is 61.5 Å². The van der Waals surface area contributed by atoms with Gasteiger partial charge in [0.25, 0.3) is 0 Å². The molecule has 0 bridgehead atoms. The smallest absolute Gasteiger partial charge is 0.246 e. The topological polar surface area (TPSA) is 58.4 Å². The zero-order chi connectivity index (χ0) is 17.1. The van der Waals surface area contributed by atoms with E-state index >= 15 is 0 Å². The molecule has 24 heavy (non-hydrogen) atoms. The first-order chi connectivity index (χ1) is 11.6. The predicted octanol–water partition coefficient (Wildman–Crippen LogP) is 3.14. The second kappa shape index (κ2) is 6.84. The number of hydrogen-bond acceptors (Lipinski definition) is 3. The molecule has 0 saturated carbocycles.